The van der Waals surface area contributed by atoms with Gasteiger partial charge in [0.25, 0.3) is 0 Å². The number of unbranched alkanes of at least 4 members (excludes halogenated alkanes) is 3. The number of aryl methyl sites for hydroxylation is 2. The molecule has 0 aromatic heterocycles. The lowest BCUT2D eigenvalue weighted by atomic mass is 9.99. The number of benzene rings is 5. The first kappa shape index (κ1) is 32.1. The Bertz CT molecular complexity index is 1690. The lowest BCUT2D eigenvalue weighted by molar-refractivity contribution is 0.104. The predicted molar refractivity (Wildman–Crippen MR) is 190 cm³/mol. The third-order valence-electron chi connectivity index (χ3n) is 7.91. The Hall–Kier alpha value is -5.29. The summed E-state index contributed by atoms with van der Waals surface area (Å²) in [6, 6.07) is 40.2. The van der Waals surface area contributed by atoms with Gasteiger partial charge in [-0.2, -0.15) is 0 Å². The first-order valence-electron chi connectivity index (χ1n) is 16.0. The van der Waals surface area contributed by atoms with Crippen molar-refractivity contribution in [2.45, 2.75) is 38.5 Å². The number of hydrogen-bond donors (Lipinski definition) is 2. The monoisotopic (exact) mass is 610 g/mol. The molecule has 0 saturated heterocycles. The molecule has 5 aromatic rings. The van der Waals surface area contributed by atoms with E-state index in [-0.39, 0.29) is 5.78 Å². The van der Waals surface area contributed by atoms with Crippen LogP contribution in [0.25, 0.3) is 17.2 Å². The number of nitrogens with two attached hydrogens (primary N) is 2. The molecule has 5 nitrogen and oxygen atoms in total. The maximum atomic E-state index is 12.3. The van der Waals surface area contributed by atoms with E-state index in [4.69, 9.17) is 20.9 Å². The van der Waals surface area contributed by atoms with Gasteiger partial charge in [-0.1, -0.05) is 97.1 Å². The first-order valence-corrected chi connectivity index (χ1v) is 16.0. The van der Waals surface area contributed by atoms with Gasteiger partial charge in [0.05, 0.1) is 18.9 Å². The molecule has 0 heterocycles. The average molecular weight is 611 g/mol. The van der Waals surface area contributed by atoms with Gasteiger partial charge in [0.15, 0.2) is 5.78 Å². The number of nitrogen functional groups attached to an aromatic ring is 2. The topological polar surface area (TPSA) is 87.6 Å². The van der Waals surface area contributed by atoms with E-state index in [0.717, 1.165) is 49.8 Å². The lowest BCUT2D eigenvalue weighted by Gasteiger charge is -2.10. The van der Waals surface area contributed by atoms with E-state index in [1.807, 2.05) is 54.6 Å². The SMILES string of the molecule is Nc1ccc(OCCCCCCOc2ccc(-c3ccc(CCc4ccc(/C=C/C(=O)c5ccccc5)cc4)cc3)cc2)c(N)c1. The van der Waals surface area contributed by atoms with E-state index < -0.39 is 0 Å². The molecule has 46 heavy (non-hydrogen) atoms. The highest BCUT2D eigenvalue weighted by molar-refractivity contribution is 6.06. The molecule has 5 aromatic carbocycles. The second-order valence-corrected chi connectivity index (χ2v) is 11.4. The zero-order valence-electron chi connectivity index (χ0n) is 26.2. The third kappa shape index (κ3) is 9.86. The molecule has 5 heteroatoms. The van der Waals surface area contributed by atoms with Gasteiger partial charge in [0.2, 0.25) is 0 Å². The second-order valence-electron chi connectivity index (χ2n) is 11.4. The van der Waals surface area contributed by atoms with Crippen molar-refractivity contribution < 1.29 is 14.3 Å². The van der Waals surface area contributed by atoms with Gasteiger partial charge in [-0.25, -0.2) is 0 Å². The molecular formula is C41H42N2O3. The van der Waals surface area contributed by atoms with Crippen molar-refractivity contribution in [3.8, 4) is 22.6 Å². The van der Waals surface area contributed by atoms with E-state index >= 15 is 0 Å². The van der Waals surface area contributed by atoms with Gasteiger partial charge in [0, 0.05) is 11.3 Å². The van der Waals surface area contributed by atoms with Crippen molar-refractivity contribution in [1.82, 2.24) is 0 Å². The fourth-order valence-corrected chi connectivity index (χ4v) is 5.19. The molecule has 0 aliphatic carbocycles. The molecule has 0 aliphatic rings. The smallest absolute Gasteiger partial charge is 0.185 e. The van der Waals surface area contributed by atoms with Gasteiger partial charge < -0.3 is 20.9 Å². The third-order valence-corrected chi connectivity index (χ3v) is 7.91. The maximum absolute atomic E-state index is 12.3. The summed E-state index contributed by atoms with van der Waals surface area (Å²) in [5.74, 6) is 1.60. The normalized spacial score (nSPS) is 11.0. The zero-order chi connectivity index (χ0) is 32.0. The molecule has 0 fully saturated rings. The molecule has 0 spiro atoms. The number of ketones is 1. The zero-order valence-corrected chi connectivity index (χ0v) is 26.2. The number of rotatable bonds is 16. The number of ether oxygens (including phenoxy) is 2. The first-order chi connectivity index (χ1) is 22.5. The van der Waals surface area contributed by atoms with Crippen LogP contribution >= 0.6 is 0 Å². The summed E-state index contributed by atoms with van der Waals surface area (Å²) in [7, 11) is 0. The van der Waals surface area contributed by atoms with Crippen LogP contribution in [0.2, 0.25) is 0 Å². The van der Waals surface area contributed by atoms with Crippen molar-refractivity contribution in [1.29, 1.82) is 0 Å². The van der Waals surface area contributed by atoms with Crippen LogP contribution in [0.1, 0.15) is 52.7 Å². The number of hydrogen-bond acceptors (Lipinski definition) is 5. The molecule has 0 unspecified atom stereocenters. The summed E-state index contributed by atoms with van der Waals surface area (Å²) in [4.78, 5) is 12.3. The number of anilines is 2. The minimum Gasteiger partial charge on any atom is -0.494 e. The van der Waals surface area contributed by atoms with Crippen molar-refractivity contribution in [3.63, 3.8) is 0 Å². The van der Waals surface area contributed by atoms with Gasteiger partial charge in [0.1, 0.15) is 11.5 Å². The van der Waals surface area contributed by atoms with Gasteiger partial charge >= 0.3 is 0 Å². The Morgan fingerprint density at radius 3 is 1.83 bits per heavy atom. The predicted octanol–water partition coefficient (Wildman–Crippen LogP) is 9.22. The molecule has 0 radical (unpaired) electrons. The Kier molecular flexibility index (Phi) is 11.7. The van der Waals surface area contributed by atoms with Crippen molar-refractivity contribution in [2.75, 3.05) is 24.7 Å². The molecule has 0 aliphatic heterocycles. The van der Waals surface area contributed by atoms with Crippen LogP contribution in [0.15, 0.2) is 127 Å². The van der Waals surface area contributed by atoms with Crippen LogP contribution in [0, 0.1) is 0 Å². The van der Waals surface area contributed by atoms with Crippen LogP contribution in [0.4, 0.5) is 11.4 Å². The molecule has 0 atom stereocenters. The fourth-order valence-electron chi connectivity index (χ4n) is 5.19. The summed E-state index contributed by atoms with van der Waals surface area (Å²) in [5, 5.41) is 0. The molecule has 4 N–H and O–H groups in total. The maximum Gasteiger partial charge on any atom is 0.185 e. The molecule has 0 bridgehead atoms. The Morgan fingerprint density at radius 1 is 0.609 bits per heavy atom. The van der Waals surface area contributed by atoms with E-state index in [0.29, 0.717) is 35.9 Å². The largest absolute Gasteiger partial charge is 0.494 e. The van der Waals surface area contributed by atoms with Crippen LogP contribution in [-0.4, -0.2) is 19.0 Å². The highest BCUT2D eigenvalue weighted by atomic mass is 16.5. The summed E-state index contributed by atoms with van der Waals surface area (Å²) < 4.78 is 11.7. The molecule has 5 rings (SSSR count). The summed E-state index contributed by atoms with van der Waals surface area (Å²) in [6.45, 7) is 1.34. The Morgan fingerprint density at radius 2 is 1.20 bits per heavy atom. The lowest BCUT2D eigenvalue weighted by Crippen LogP contribution is -2.02. The highest BCUT2D eigenvalue weighted by Gasteiger charge is 2.04. The second kappa shape index (κ2) is 16.7. The Balaban J connectivity index is 0.981. The standard InChI is InChI=1S/C41H42N2O3/c42-37-23-27-41(39(43)30-37)46-29-7-2-1-6-28-45-38-24-21-35(22-25-38)34-19-16-33(17-20-34)15-12-31-10-13-32(14-11-31)18-26-40(44)36-8-4-3-5-9-36/h3-5,8-11,13-14,16-27,30H,1-2,6-7,12,15,28-29,42-43H2/b26-18+. The van der Waals surface area contributed by atoms with E-state index in [1.165, 1.54) is 22.3 Å². The molecule has 234 valence electrons. The van der Waals surface area contributed by atoms with E-state index in [1.54, 1.807) is 18.2 Å². The van der Waals surface area contributed by atoms with Crippen molar-refractivity contribution >= 4 is 23.2 Å². The highest BCUT2D eigenvalue weighted by Crippen LogP contribution is 2.25. The molecular weight excluding hydrogens is 568 g/mol. The minimum absolute atomic E-state index is 0.0144. The summed E-state index contributed by atoms with van der Waals surface area (Å²) >= 11 is 0. The number of carbonyl (C=O) groups is 1. The van der Waals surface area contributed by atoms with Crippen LogP contribution < -0.4 is 20.9 Å². The van der Waals surface area contributed by atoms with Gasteiger partial charge in [-0.05, 0) is 103 Å². The van der Waals surface area contributed by atoms with Crippen molar-refractivity contribution in [3.05, 3.63) is 150 Å². The molecule has 0 saturated carbocycles. The van der Waals surface area contributed by atoms with E-state index in [2.05, 4.69) is 60.7 Å². The fraction of sp³-hybridized carbons (Fsp3) is 0.195. The quantitative estimate of drug-likeness (QED) is 0.0503. The number of allylic oxidation sites excluding steroid dienone is 1. The van der Waals surface area contributed by atoms with Crippen LogP contribution in [0.3, 0.4) is 0 Å². The van der Waals surface area contributed by atoms with Gasteiger partial charge in [-0.15, -0.1) is 0 Å². The Labute approximate surface area is 272 Å². The summed E-state index contributed by atoms with van der Waals surface area (Å²) in [5.41, 5.74) is 19.6. The van der Waals surface area contributed by atoms with Gasteiger partial charge in [-0.3, -0.25) is 4.79 Å². The van der Waals surface area contributed by atoms with E-state index in [9.17, 15) is 4.79 Å². The number of carbonyl (C=O) groups excluding carboxylic acids is 1. The average Bonchev–Trinajstić information content (AvgIpc) is 3.09. The summed E-state index contributed by atoms with van der Waals surface area (Å²) in [6.07, 6.45) is 9.59. The van der Waals surface area contributed by atoms with Crippen LogP contribution in [-0.2, 0) is 12.8 Å². The molecule has 0 amide bonds. The van der Waals surface area contributed by atoms with Crippen LogP contribution in [0.5, 0.6) is 11.5 Å². The van der Waals surface area contributed by atoms with Crippen molar-refractivity contribution in [2.24, 2.45) is 0 Å². The minimum atomic E-state index is 0.0144.